The molecule has 1 aliphatic rings. The van der Waals surface area contributed by atoms with Crippen molar-refractivity contribution in [3.8, 4) is 0 Å². The summed E-state index contributed by atoms with van der Waals surface area (Å²) in [5.41, 5.74) is 0.322. The standard InChI is InChI=1S/C65H117N11O14/c1-25-26-28-42(14)55(79)54-59(83)69-52(45(17)90-30-27-29-77)63(87)70(18)35-50(78)71(19)46(31-36(2)3)58(82)68-51(40(10)11)64(88)72(20)47(32-37(4)5)57(81)66-43(15)56(80)67-44(16)60(84)73(21)48(33-38(6)7)61(85)74(22)49(34-39(8)9)62(86)75(23)53(41(12)13)65(89)76(54)24/h28,36-41,43-49,51-55,77,79H,25-27,29-35H2,1-24H3,(H,66,81)(H,67,80)(H,68,82)(H,69,83)/b42-28-. The fourth-order valence-corrected chi connectivity index (χ4v) is 11.0. The van der Waals surface area contributed by atoms with E-state index in [-0.39, 0.29) is 69.0 Å². The first-order chi connectivity index (χ1) is 41.6. The second kappa shape index (κ2) is 38.0. The minimum Gasteiger partial charge on any atom is -0.396 e. The Morgan fingerprint density at radius 2 is 0.922 bits per heavy atom. The molecule has 0 aromatic carbocycles. The molecule has 90 heavy (non-hydrogen) atoms. The first kappa shape index (κ1) is 81.8. The molecular weight excluding hydrogens is 1160 g/mol. The van der Waals surface area contributed by atoms with Crippen molar-refractivity contribution in [1.82, 2.24) is 55.6 Å². The van der Waals surface area contributed by atoms with Crippen molar-refractivity contribution in [2.75, 3.05) is 69.1 Å². The number of allylic oxidation sites excluding steroid dienone is 1. The Morgan fingerprint density at radius 1 is 0.500 bits per heavy atom. The molecule has 6 N–H and O–H groups in total. The van der Waals surface area contributed by atoms with Gasteiger partial charge in [0.2, 0.25) is 65.0 Å². The quantitative estimate of drug-likeness (QED) is 0.0801. The molecule has 1 rings (SSSR count). The van der Waals surface area contributed by atoms with Crippen molar-refractivity contribution < 1.29 is 67.7 Å². The zero-order valence-corrected chi connectivity index (χ0v) is 59.0. The summed E-state index contributed by atoms with van der Waals surface area (Å²) in [5, 5.41) is 32.8. The highest BCUT2D eigenvalue weighted by Crippen LogP contribution is 2.25. The number of amides is 11. The zero-order chi connectivity index (χ0) is 69.7. The van der Waals surface area contributed by atoms with Gasteiger partial charge in [-0.25, -0.2) is 0 Å². The zero-order valence-electron chi connectivity index (χ0n) is 59.0. The summed E-state index contributed by atoms with van der Waals surface area (Å²) in [6.45, 7) is 28.6. The van der Waals surface area contributed by atoms with Gasteiger partial charge in [0.05, 0.1) is 12.6 Å². The van der Waals surface area contributed by atoms with E-state index in [4.69, 9.17) is 4.74 Å². The van der Waals surface area contributed by atoms with Gasteiger partial charge in [-0.15, -0.1) is 0 Å². The van der Waals surface area contributed by atoms with E-state index in [1.54, 1.807) is 40.7 Å². The van der Waals surface area contributed by atoms with E-state index in [9.17, 15) is 43.8 Å². The molecule has 0 aromatic heterocycles. The fourth-order valence-electron chi connectivity index (χ4n) is 11.0. The number of carbonyl (C=O) groups is 11. The van der Waals surface area contributed by atoms with Crippen LogP contribution in [0, 0.1) is 35.5 Å². The van der Waals surface area contributed by atoms with Gasteiger partial charge >= 0.3 is 0 Å². The molecule has 0 aromatic rings. The molecule has 1 aliphatic heterocycles. The normalized spacial score (nSPS) is 26.2. The number of hydrogen-bond acceptors (Lipinski definition) is 14. The van der Waals surface area contributed by atoms with Gasteiger partial charge in [0.1, 0.15) is 66.5 Å². The molecule has 25 nitrogen and oxygen atoms in total. The molecule has 0 radical (unpaired) electrons. The average Bonchev–Trinajstić information content (AvgIpc) is 0.850. The largest absolute Gasteiger partial charge is 0.396 e. The Hall–Kier alpha value is -6.21. The number of aliphatic hydroxyl groups is 2. The summed E-state index contributed by atoms with van der Waals surface area (Å²) in [4.78, 5) is 170. The van der Waals surface area contributed by atoms with Crippen molar-refractivity contribution >= 4 is 65.0 Å². The van der Waals surface area contributed by atoms with Gasteiger partial charge in [-0.2, -0.15) is 0 Å². The predicted octanol–water partition coefficient (Wildman–Crippen LogP) is 2.79. The second-order valence-corrected chi connectivity index (χ2v) is 27.2. The summed E-state index contributed by atoms with van der Waals surface area (Å²) in [7, 11) is 9.74. The third kappa shape index (κ3) is 23.5. The molecule has 0 bridgehead atoms. The average molecular weight is 1280 g/mol. The highest BCUT2D eigenvalue weighted by atomic mass is 16.5. The molecule has 1 heterocycles. The van der Waals surface area contributed by atoms with Crippen molar-refractivity contribution in [2.24, 2.45) is 35.5 Å². The minimum atomic E-state index is -1.75. The van der Waals surface area contributed by atoms with Gasteiger partial charge < -0.3 is 70.5 Å². The Labute approximate surface area is 537 Å². The summed E-state index contributed by atoms with van der Waals surface area (Å²) in [6, 6.07) is -13.1. The van der Waals surface area contributed by atoms with Crippen LogP contribution >= 0.6 is 0 Å². The number of ether oxygens (including phenoxy) is 1. The molecule has 12 unspecified atom stereocenters. The maximum Gasteiger partial charge on any atom is 0.248 e. The maximum atomic E-state index is 15.3. The number of hydrogen-bond donors (Lipinski definition) is 6. The number of aliphatic hydroxyl groups excluding tert-OH is 2. The molecule has 0 aliphatic carbocycles. The fraction of sp³-hybridized carbons (Fsp3) is 0.800. The van der Waals surface area contributed by atoms with E-state index in [1.807, 2.05) is 62.3 Å². The highest BCUT2D eigenvalue weighted by Gasteiger charge is 2.46. The van der Waals surface area contributed by atoms with E-state index < -0.39 is 156 Å². The van der Waals surface area contributed by atoms with Crippen LogP contribution in [0.15, 0.2) is 11.6 Å². The molecule has 25 heteroatoms. The highest BCUT2D eigenvalue weighted by molar-refractivity contribution is 5.99. The van der Waals surface area contributed by atoms with Crippen LogP contribution in [0.25, 0.3) is 0 Å². The molecule has 516 valence electrons. The van der Waals surface area contributed by atoms with Crippen LogP contribution in [-0.4, -0.2) is 251 Å². The van der Waals surface area contributed by atoms with Crippen LogP contribution in [0.5, 0.6) is 0 Å². The molecule has 0 spiro atoms. The number of likely N-dealkylation sites (N-methyl/N-ethyl adjacent to an activating group) is 7. The van der Waals surface area contributed by atoms with E-state index in [1.165, 1.54) is 94.6 Å². The first-order valence-electron chi connectivity index (χ1n) is 32.3. The Morgan fingerprint density at radius 3 is 1.39 bits per heavy atom. The summed E-state index contributed by atoms with van der Waals surface area (Å²) >= 11 is 0. The number of unbranched alkanes of at least 4 members (excludes halogenated alkanes) is 1. The number of nitrogens with one attached hydrogen (secondary N) is 4. The number of nitrogens with zero attached hydrogens (tertiary/aromatic N) is 7. The van der Waals surface area contributed by atoms with Crippen molar-refractivity contribution in [3.63, 3.8) is 0 Å². The van der Waals surface area contributed by atoms with Crippen LogP contribution in [0.1, 0.15) is 163 Å². The number of rotatable bonds is 19. The summed E-state index contributed by atoms with van der Waals surface area (Å²) < 4.78 is 5.99. The lowest BCUT2D eigenvalue weighted by molar-refractivity contribution is -0.157. The third-order valence-electron chi connectivity index (χ3n) is 16.6. The molecule has 11 amide bonds. The third-order valence-corrected chi connectivity index (χ3v) is 16.6. The van der Waals surface area contributed by atoms with E-state index in [2.05, 4.69) is 21.3 Å². The number of carbonyl (C=O) groups excluding carboxylic acids is 11. The maximum absolute atomic E-state index is 15.3. The predicted molar refractivity (Wildman–Crippen MR) is 345 cm³/mol. The molecular formula is C65H117N11O14. The van der Waals surface area contributed by atoms with Gasteiger partial charge in [0, 0.05) is 62.5 Å². The lowest BCUT2D eigenvalue weighted by Gasteiger charge is -2.41. The van der Waals surface area contributed by atoms with Crippen molar-refractivity contribution in [3.05, 3.63) is 11.6 Å². The molecule has 12 atom stereocenters. The van der Waals surface area contributed by atoms with Gasteiger partial charge in [0.15, 0.2) is 0 Å². The van der Waals surface area contributed by atoms with Crippen LogP contribution < -0.4 is 21.3 Å². The second-order valence-electron chi connectivity index (χ2n) is 27.2. The van der Waals surface area contributed by atoms with E-state index in [0.29, 0.717) is 18.4 Å². The van der Waals surface area contributed by atoms with Crippen molar-refractivity contribution in [1.29, 1.82) is 0 Å². The Balaban J connectivity index is 4.48. The molecule has 0 saturated carbocycles. The SMILES string of the molecule is CCC/C=C(/C)C(O)C1C(=O)NC(C(C)OCCCO)C(=O)N(C)CC(=O)N(C)C(CC(C)C)C(=O)NC(C(C)C)C(=O)N(C)C(CC(C)C)C(=O)NC(C)C(=O)NC(C)C(=O)N(C)C(CC(C)C)C(=O)N(C)C(CC(C)C)C(=O)N(C)C(C(C)C)C(=O)N1C. The lowest BCUT2D eigenvalue weighted by atomic mass is 9.94. The van der Waals surface area contributed by atoms with Crippen LogP contribution in [0.2, 0.25) is 0 Å². The summed E-state index contributed by atoms with van der Waals surface area (Å²) in [5.74, 6) is -9.83. The van der Waals surface area contributed by atoms with Gasteiger partial charge in [-0.05, 0) is 107 Å². The lowest BCUT2D eigenvalue weighted by Crippen LogP contribution is -2.64. The first-order valence-corrected chi connectivity index (χ1v) is 32.3. The summed E-state index contributed by atoms with van der Waals surface area (Å²) in [6.07, 6.45) is 0.748. The van der Waals surface area contributed by atoms with Crippen molar-refractivity contribution in [2.45, 2.75) is 235 Å². The van der Waals surface area contributed by atoms with Gasteiger partial charge in [-0.1, -0.05) is 103 Å². The monoisotopic (exact) mass is 1280 g/mol. The Bertz CT molecular complexity index is 2450. The Kier molecular flexibility index (Phi) is 34.5. The van der Waals surface area contributed by atoms with Gasteiger partial charge in [-0.3, -0.25) is 52.7 Å². The van der Waals surface area contributed by atoms with E-state index >= 15 is 19.2 Å². The van der Waals surface area contributed by atoms with E-state index in [0.717, 1.165) is 9.80 Å². The van der Waals surface area contributed by atoms with Crippen LogP contribution in [0.4, 0.5) is 0 Å². The minimum absolute atomic E-state index is 0.0572. The topological polar surface area (TPSA) is 308 Å². The molecule has 1 saturated heterocycles. The van der Waals surface area contributed by atoms with Crippen LogP contribution in [-0.2, 0) is 57.5 Å². The molecule has 1 fully saturated rings. The van der Waals surface area contributed by atoms with Gasteiger partial charge in [0.25, 0.3) is 0 Å². The van der Waals surface area contributed by atoms with Crippen LogP contribution in [0.3, 0.4) is 0 Å². The smallest absolute Gasteiger partial charge is 0.248 e.